The van der Waals surface area contributed by atoms with Gasteiger partial charge in [0.2, 0.25) is 0 Å². The minimum absolute atomic E-state index is 0.0862. The number of hydrogen-bond donors (Lipinski definition) is 2. The summed E-state index contributed by atoms with van der Waals surface area (Å²) in [6.07, 6.45) is 1.68. The summed E-state index contributed by atoms with van der Waals surface area (Å²) < 4.78 is 18.7. The fraction of sp³-hybridized carbons (Fsp3) is 0.200. The summed E-state index contributed by atoms with van der Waals surface area (Å²) >= 11 is 0. The molecule has 0 aliphatic carbocycles. The third-order valence-corrected chi connectivity index (χ3v) is 2.91. The molecule has 0 amide bonds. The van der Waals surface area contributed by atoms with Crippen molar-refractivity contribution in [3.8, 4) is 5.75 Å². The van der Waals surface area contributed by atoms with Crippen LogP contribution in [-0.2, 0) is 6.42 Å². The van der Waals surface area contributed by atoms with E-state index in [0.717, 1.165) is 18.9 Å². The Hall–Kier alpha value is -1.85. The summed E-state index contributed by atoms with van der Waals surface area (Å²) in [5, 5.41) is 18.1. The van der Waals surface area contributed by atoms with Gasteiger partial charge in [-0.3, -0.25) is 0 Å². The van der Waals surface area contributed by atoms with Gasteiger partial charge in [-0.15, -0.1) is 0 Å². The second kappa shape index (κ2) is 7.08. The molecule has 0 radical (unpaired) electrons. The smallest absolute Gasteiger partial charge is 0.488 e. The van der Waals surface area contributed by atoms with E-state index in [1.807, 2.05) is 30.3 Å². The lowest BCUT2D eigenvalue weighted by atomic mass is 9.80. The molecule has 0 atom stereocenters. The molecule has 0 unspecified atom stereocenters. The van der Waals surface area contributed by atoms with E-state index in [-0.39, 0.29) is 5.46 Å². The molecule has 20 heavy (non-hydrogen) atoms. The Morgan fingerprint density at radius 2 is 1.80 bits per heavy atom. The Balaban J connectivity index is 1.85. The number of halogens is 1. The van der Waals surface area contributed by atoms with Crippen LogP contribution in [0.4, 0.5) is 4.39 Å². The van der Waals surface area contributed by atoms with Gasteiger partial charge < -0.3 is 14.8 Å². The van der Waals surface area contributed by atoms with Crippen LogP contribution in [0.2, 0.25) is 0 Å². The van der Waals surface area contributed by atoms with Crippen LogP contribution in [0.15, 0.2) is 48.5 Å². The highest BCUT2D eigenvalue weighted by atomic mass is 19.1. The zero-order chi connectivity index (χ0) is 14.4. The molecular formula is C15H16BFO3. The highest BCUT2D eigenvalue weighted by Crippen LogP contribution is 2.12. The lowest BCUT2D eigenvalue weighted by molar-refractivity contribution is 0.309. The summed E-state index contributed by atoms with van der Waals surface area (Å²) in [6, 6.07) is 13.8. The van der Waals surface area contributed by atoms with Crippen LogP contribution in [0.25, 0.3) is 0 Å². The second-order valence-electron chi connectivity index (χ2n) is 4.53. The van der Waals surface area contributed by atoms with Gasteiger partial charge in [0.25, 0.3) is 0 Å². The summed E-state index contributed by atoms with van der Waals surface area (Å²) in [7, 11) is -1.70. The van der Waals surface area contributed by atoms with Crippen molar-refractivity contribution in [1.82, 2.24) is 0 Å². The molecule has 3 nitrogen and oxygen atoms in total. The molecule has 104 valence electrons. The highest BCUT2D eigenvalue weighted by Gasteiger charge is 2.13. The second-order valence-corrected chi connectivity index (χ2v) is 4.53. The predicted molar refractivity (Wildman–Crippen MR) is 76.5 cm³/mol. The third-order valence-electron chi connectivity index (χ3n) is 2.91. The van der Waals surface area contributed by atoms with E-state index in [1.54, 1.807) is 0 Å². The molecule has 0 aliphatic heterocycles. The monoisotopic (exact) mass is 274 g/mol. The quantitative estimate of drug-likeness (QED) is 0.620. The van der Waals surface area contributed by atoms with E-state index in [4.69, 9.17) is 14.8 Å². The van der Waals surface area contributed by atoms with Crippen molar-refractivity contribution in [3.05, 3.63) is 59.9 Å². The van der Waals surface area contributed by atoms with Crippen LogP contribution < -0.4 is 10.2 Å². The predicted octanol–water partition coefficient (Wildman–Crippen LogP) is 1.52. The molecule has 0 spiro atoms. The molecular weight excluding hydrogens is 258 g/mol. The fourth-order valence-electron chi connectivity index (χ4n) is 1.93. The summed E-state index contributed by atoms with van der Waals surface area (Å²) in [4.78, 5) is 0. The molecule has 2 rings (SSSR count). The first-order valence-electron chi connectivity index (χ1n) is 6.48. The average molecular weight is 274 g/mol. The van der Waals surface area contributed by atoms with Crippen LogP contribution in [0.1, 0.15) is 12.0 Å². The third kappa shape index (κ3) is 4.37. The molecule has 2 aromatic rings. The van der Waals surface area contributed by atoms with Crippen molar-refractivity contribution < 1.29 is 19.2 Å². The van der Waals surface area contributed by atoms with Gasteiger partial charge in [-0.1, -0.05) is 30.3 Å². The molecule has 0 saturated heterocycles. The maximum absolute atomic E-state index is 13.3. The van der Waals surface area contributed by atoms with Crippen molar-refractivity contribution in [1.29, 1.82) is 0 Å². The topological polar surface area (TPSA) is 49.7 Å². The van der Waals surface area contributed by atoms with Crippen LogP contribution in [-0.4, -0.2) is 23.8 Å². The number of aryl methyl sites for hydroxylation is 1. The molecule has 5 heteroatoms. The van der Waals surface area contributed by atoms with Gasteiger partial charge in [0.1, 0.15) is 11.6 Å². The molecule has 0 aromatic heterocycles. The molecule has 0 aliphatic rings. The molecule has 2 N–H and O–H groups in total. The van der Waals surface area contributed by atoms with Gasteiger partial charge in [0.15, 0.2) is 0 Å². The Morgan fingerprint density at radius 3 is 2.50 bits per heavy atom. The van der Waals surface area contributed by atoms with E-state index in [2.05, 4.69) is 0 Å². The maximum atomic E-state index is 13.3. The van der Waals surface area contributed by atoms with Crippen molar-refractivity contribution in [3.63, 3.8) is 0 Å². The number of hydrogen-bond acceptors (Lipinski definition) is 3. The average Bonchev–Trinajstić information content (AvgIpc) is 2.44. The molecule has 0 saturated carbocycles. The maximum Gasteiger partial charge on any atom is 0.488 e. The van der Waals surface area contributed by atoms with E-state index < -0.39 is 12.9 Å². The van der Waals surface area contributed by atoms with Crippen molar-refractivity contribution in [2.24, 2.45) is 0 Å². The molecule has 2 aromatic carbocycles. The molecule has 0 heterocycles. The Bertz CT molecular complexity index is 546. The minimum Gasteiger partial charge on any atom is -0.493 e. The largest absolute Gasteiger partial charge is 0.493 e. The first kappa shape index (κ1) is 14.6. The Kier molecular flexibility index (Phi) is 5.15. The zero-order valence-corrected chi connectivity index (χ0v) is 11.0. The lowest BCUT2D eigenvalue weighted by Crippen LogP contribution is -2.30. The van der Waals surface area contributed by atoms with Gasteiger partial charge in [0, 0.05) is 6.07 Å². The van der Waals surface area contributed by atoms with Crippen molar-refractivity contribution in [2.45, 2.75) is 12.8 Å². The van der Waals surface area contributed by atoms with E-state index in [1.165, 1.54) is 17.7 Å². The minimum atomic E-state index is -1.70. The summed E-state index contributed by atoms with van der Waals surface area (Å²) in [5.74, 6) is -0.241. The van der Waals surface area contributed by atoms with Gasteiger partial charge in [-0.25, -0.2) is 4.39 Å². The van der Waals surface area contributed by atoms with Crippen LogP contribution in [0, 0.1) is 5.82 Å². The number of rotatable bonds is 6. The number of ether oxygens (including phenoxy) is 1. The standard InChI is InChI=1S/C15H16BFO3/c17-14-9-13(16(18)19)10-15(11-14)20-8-4-7-12-5-2-1-3-6-12/h1-3,5-6,9-11,18-19H,4,7-8H2. The highest BCUT2D eigenvalue weighted by molar-refractivity contribution is 6.58. The Labute approximate surface area is 117 Å². The lowest BCUT2D eigenvalue weighted by Gasteiger charge is -2.08. The van der Waals surface area contributed by atoms with Gasteiger partial charge in [-0.2, -0.15) is 0 Å². The normalized spacial score (nSPS) is 10.3. The summed E-state index contributed by atoms with van der Waals surface area (Å²) in [5.41, 5.74) is 1.31. The summed E-state index contributed by atoms with van der Waals surface area (Å²) in [6.45, 7) is 0.444. The number of benzene rings is 2. The Morgan fingerprint density at radius 1 is 1.05 bits per heavy atom. The van der Waals surface area contributed by atoms with Gasteiger partial charge in [0.05, 0.1) is 6.61 Å². The van der Waals surface area contributed by atoms with E-state index in [9.17, 15) is 4.39 Å². The fourth-order valence-corrected chi connectivity index (χ4v) is 1.93. The van der Waals surface area contributed by atoms with Crippen LogP contribution in [0.5, 0.6) is 5.75 Å². The van der Waals surface area contributed by atoms with Gasteiger partial charge >= 0.3 is 7.12 Å². The molecule has 0 fully saturated rings. The first-order valence-corrected chi connectivity index (χ1v) is 6.48. The van der Waals surface area contributed by atoms with Crippen LogP contribution in [0.3, 0.4) is 0 Å². The van der Waals surface area contributed by atoms with E-state index in [0.29, 0.717) is 12.4 Å². The van der Waals surface area contributed by atoms with E-state index >= 15 is 0 Å². The first-order chi connectivity index (χ1) is 9.65. The van der Waals surface area contributed by atoms with Gasteiger partial charge in [-0.05, 0) is 36.0 Å². The molecule has 0 bridgehead atoms. The zero-order valence-electron chi connectivity index (χ0n) is 11.0. The van der Waals surface area contributed by atoms with Crippen LogP contribution >= 0.6 is 0 Å². The van der Waals surface area contributed by atoms with Crippen molar-refractivity contribution >= 4 is 12.6 Å². The SMILES string of the molecule is OB(O)c1cc(F)cc(OCCCc2ccccc2)c1. The van der Waals surface area contributed by atoms with Crippen molar-refractivity contribution in [2.75, 3.05) is 6.61 Å².